The third-order valence-corrected chi connectivity index (χ3v) is 6.34. The van der Waals surface area contributed by atoms with Crippen molar-refractivity contribution in [1.82, 2.24) is 9.78 Å². The Bertz CT molecular complexity index is 902. The average Bonchev–Trinajstić information content (AvgIpc) is 3.21. The maximum atomic E-state index is 12.3. The number of nitrogens with zero attached hydrogens (tertiary/aromatic N) is 2. The molecule has 5 rings (SSSR count). The molecule has 2 aliphatic carbocycles. The minimum atomic E-state index is -0.397. The van der Waals surface area contributed by atoms with E-state index in [9.17, 15) is 4.79 Å². The van der Waals surface area contributed by atoms with E-state index < -0.39 is 5.97 Å². The van der Waals surface area contributed by atoms with Crippen LogP contribution in [0.2, 0.25) is 0 Å². The molecule has 150 valence electrons. The van der Waals surface area contributed by atoms with Gasteiger partial charge in [0.1, 0.15) is 11.9 Å². The van der Waals surface area contributed by atoms with Gasteiger partial charge < -0.3 is 18.6 Å². The fraction of sp³-hybridized carbons (Fsp3) is 0.619. The maximum absolute atomic E-state index is 12.3. The van der Waals surface area contributed by atoms with Gasteiger partial charge in [-0.05, 0) is 26.7 Å². The highest BCUT2D eigenvalue weighted by Gasteiger charge is 2.48. The lowest BCUT2D eigenvalue weighted by Crippen LogP contribution is -2.38. The van der Waals surface area contributed by atoms with E-state index in [4.69, 9.17) is 23.7 Å². The van der Waals surface area contributed by atoms with Gasteiger partial charge in [-0.1, -0.05) is 6.42 Å². The van der Waals surface area contributed by atoms with Gasteiger partial charge in [0.15, 0.2) is 0 Å². The van der Waals surface area contributed by atoms with Crippen molar-refractivity contribution in [3.05, 3.63) is 28.8 Å². The summed E-state index contributed by atoms with van der Waals surface area (Å²) in [5.41, 5.74) is 4.11. The third kappa shape index (κ3) is 2.71. The Morgan fingerprint density at radius 1 is 1.39 bits per heavy atom. The summed E-state index contributed by atoms with van der Waals surface area (Å²) in [4.78, 5) is 12.3. The number of rotatable bonds is 4. The summed E-state index contributed by atoms with van der Waals surface area (Å²) < 4.78 is 24.5. The van der Waals surface area contributed by atoms with Crippen LogP contribution in [0.5, 0.6) is 0 Å². The molecule has 1 saturated heterocycles. The second kappa shape index (κ2) is 6.74. The van der Waals surface area contributed by atoms with Crippen LogP contribution in [-0.2, 0) is 32.6 Å². The lowest BCUT2D eigenvalue weighted by atomic mass is 9.59. The Hall–Kier alpha value is -2.12. The molecule has 28 heavy (non-hydrogen) atoms. The van der Waals surface area contributed by atoms with Crippen molar-refractivity contribution in [2.45, 2.75) is 57.6 Å². The number of carbonyl (C=O) groups excluding carboxylic acids is 1. The van der Waals surface area contributed by atoms with E-state index in [1.807, 2.05) is 11.6 Å². The fourth-order valence-electron chi connectivity index (χ4n) is 4.79. The van der Waals surface area contributed by atoms with Crippen molar-refractivity contribution in [1.29, 1.82) is 0 Å². The number of esters is 1. The zero-order valence-electron chi connectivity index (χ0n) is 16.5. The van der Waals surface area contributed by atoms with Gasteiger partial charge in [0, 0.05) is 34.7 Å². The first-order valence-electron chi connectivity index (χ1n) is 10.2. The van der Waals surface area contributed by atoms with Gasteiger partial charge in [0.25, 0.3) is 0 Å². The van der Waals surface area contributed by atoms with Crippen molar-refractivity contribution >= 4 is 5.97 Å². The molecule has 1 unspecified atom stereocenters. The molecule has 0 radical (unpaired) electrons. The summed E-state index contributed by atoms with van der Waals surface area (Å²) in [7, 11) is 0. The topological polar surface area (TPSA) is 75.7 Å². The van der Waals surface area contributed by atoms with E-state index >= 15 is 0 Å². The van der Waals surface area contributed by atoms with Crippen molar-refractivity contribution in [2.24, 2.45) is 0 Å². The molecule has 1 aliphatic heterocycles. The Morgan fingerprint density at radius 3 is 2.93 bits per heavy atom. The van der Waals surface area contributed by atoms with Gasteiger partial charge in [-0.25, -0.2) is 4.79 Å². The van der Waals surface area contributed by atoms with Crippen molar-refractivity contribution < 1.29 is 23.4 Å². The highest BCUT2D eigenvalue weighted by atomic mass is 16.6. The SMILES string of the molecule is CCOC(=O)c1oc2c(c1C)-c1nn(CC3COCCO3)cc1C1(CCC1)C2. The Morgan fingerprint density at radius 2 is 2.25 bits per heavy atom. The largest absolute Gasteiger partial charge is 0.460 e. The van der Waals surface area contributed by atoms with Gasteiger partial charge in [0.05, 0.1) is 38.7 Å². The molecule has 0 aromatic carbocycles. The summed E-state index contributed by atoms with van der Waals surface area (Å²) in [6.07, 6.45) is 6.48. The van der Waals surface area contributed by atoms with Crippen molar-refractivity contribution in [2.75, 3.05) is 26.4 Å². The molecule has 1 spiro atoms. The van der Waals surface area contributed by atoms with E-state index in [0.29, 0.717) is 38.7 Å². The summed E-state index contributed by atoms with van der Waals surface area (Å²) in [5, 5.41) is 4.91. The number of carbonyl (C=O) groups is 1. The molecule has 7 heteroatoms. The number of fused-ring (bicyclic) bond motifs is 4. The van der Waals surface area contributed by atoms with E-state index in [1.165, 1.54) is 12.0 Å². The molecular formula is C21H26N2O5. The van der Waals surface area contributed by atoms with E-state index in [2.05, 4.69) is 6.20 Å². The minimum absolute atomic E-state index is 0.0208. The van der Waals surface area contributed by atoms with Crippen LogP contribution in [0, 0.1) is 6.92 Å². The lowest BCUT2D eigenvalue weighted by Gasteiger charge is -2.43. The molecule has 3 heterocycles. The quantitative estimate of drug-likeness (QED) is 0.752. The van der Waals surface area contributed by atoms with Crippen LogP contribution in [0.25, 0.3) is 11.3 Å². The standard InChI is InChI=1S/C21H26N2O5/c1-3-26-20(24)19-13(2)17-16(28-19)9-21(5-4-6-21)15-11-23(22-18(15)17)10-14-12-25-7-8-27-14/h11,14H,3-10,12H2,1-2H3. The Kier molecular flexibility index (Phi) is 4.32. The zero-order chi connectivity index (χ0) is 19.3. The molecule has 2 aromatic heterocycles. The Balaban J connectivity index is 1.54. The molecule has 2 aromatic rings. The monoisotopic (exact) mass is 386 g/mol. The normalized spacial score (nSPS) is 22.4. The minimum Gasteiger partial charge on any atom is -0.460 e. The van der Waals surface area contributed by atoms with Crippen LogP contribution in [0.3, 0.4) is 0 Å². The molecule has 0 amide bonds. The summed E-state index contributed by atoms with van der Waals surface area (Å²) >= 11 is 0. The Labute approximate surface area is 163 Å². The second-order valence-electron chi connectivity index (χ2n) is 8.07. The van der Waals surface area contributed by atoms with E-state index in [-0.39, 0.29) is 11.5 Å². The van der Waals surface area contributed by atoms with Gasteiger partial charge in [-0.3, -0.25) is 4.68 Å². The average molecular weight is 386 g/mol. The second-order valence-corrected chi connectivity index (χ2v) is 8.07. The molecule has 0 N–H and O–H groups in total. The van der Waals surface area contributed by atoms with Gasteiger partial charge in [-0.2, -0.15) is 5.10 Å². The molecule has 0 bridgehead atoms. The fourth-order valence-corrected chi connectivity index (χ4v) is 4.79. The van der Waals surface area contributed by atoms with Crippen LogP contribution in [0.15, 0.2) is 10.6 Å². The highest BCUT2D eigenvalue weighted by molar-refractivity contribution is 5.92. The maximum Gasteiger partial charge on any atom is 0.374 e. The van der Waals surface area contributed by atoms with Crippen LogP contribution in [0.1, 0.15) is 53.6 Å². The molecule has 2 fully saturated rings. The van der Waals surface area contributed by atoms with Crippen LogP contribution in [-0.4, -0.2) is 48.3 Å². The number of aromatic nitrogens is 2. The lowest BCUT2D eigenvalue weighted by molar-refractivity contribution is -0.0946. The number of furan rings is 1. The molecule has 1 saturated carbocycles. The zero-order valence-corrected chi connectivity index (χ0v) is 16.5. The van der Waals surface area contributed by atoms with Gasteiger partial charge >= 0.3 is 5.97 Å². The molecular weight excluding hydrogens is 360 g/mol. The van der Waals surface area contributed by atoms with Crippen LogP contribution in [0.4, 0.5) is 0 Å². The molecule has 1 atom stereocenters. The van der Waals surface area contributed by atoms with Gasteiger partial charge in [0.2, 0.25) is 5.76 Å². The highest BCUT2D eigenvalue weighted by Crippen LogP contribution is 2.54. The summed E-state index contributed by atoms with van der Waals surface area (Å²) in [6.45, 7) is 6.60. The smallest absolute Gasteiger partial charge is 0.374 e. The van der Waals surface area contributed by atoms with Gasteiger partial charge in [-0.15, -0.1) is 0 Å². The van der Waals surface area contributed by atoms with Crippen LogP contribution >= 0.6 is 0 Å². The first-order chi connectivity index (χ1) is 13.6. The first kappa shape index (κ1) is 17.9. The van der Waals surface area contributed by atoms with Crippen molar-refractivity contribution in [3.8, 4) is 11.3 Å². The number of hydrogen-bond donors (Lipinski definition) is 0. The third-order valence-electron chi connectivity index (χ3n) is 6.34. The summed E-state index contributed by atoms with van der Waals surface area (Å²) in [6, 6.07) is 0. The molecule has 7 nitrogen and oxygen atoms in total. The first-order valence-corrected chi connectivity index (χ1v) is 10.2. The predicted molar refractivity (Wildman–Crippen MR) is 100 cm³/mol. The number of ether oxygens (including phenoxy) is 3. The summed E-state index contributed by atoms with van der Waals surface area (Å²) in [5.74, 6) is 0.786. The van der Waals surface area contributed by atoms with Crippen LogP contribution < -0.4 is 0 Å². The van der Waals surface area contributed by atoms with E-state index in [1.54, 1.807) is 6.92 Å². The van der Waals surface area contributed by atoms with E-state index in [0.717, 1.165) is 41.8 Å². The molecule has 3 aliphatic rings. The predicted octanol–water partition coefficient (Wildman–Crippen LogP) is 3.02. The van der Waals surface area contributed by atoms with Crippen molar-refractivity contribution in [3.63, 3.8) is 0 Å². The number of hydrogen-bond acceptors (Lipinski definition) is 6.